The third kappa shape index (κ3) is 4.88. The van der Waals surface area contributed by atoms with E-state index in [4.69, 9.17) is 0 Å². The Kier molecular flexibility index (Phi) is 5.83. The van der Waals surface area contributed by atoms with Crippen molar-refractivity contribution < 1.29 is 4.39 Å². The van der Waals surface area contributed by atoms with E-state index >= 15 is 0 Å². The Hall–Kier alpha value is -0.410. The van der Waals surface area contributed by atoms with Gasteiger partial charge in [0.1, 0.15) is 5.82 Å². The maximum Gasteiger partial charge on any atom is 0.124 e. The van der Waals surface area contributed by atoms with Crippen LogP contribution >= 0.6 is 15.9 Å². The molecule has 1 aliphatic carbocycles. The molecule has 0 aromatic heterocycles. The zero-order valence-corrected chi connectivity index (χ0v) is 13.2. The van der Waals surface area contributed by atoms with Gasteiger partial charge in [-0.3, -0.25) is 0 Å². The number of halogens is 2. The summed E-state index contributed by atoms with van der Waals surface area (Å²) in [6.45, 7) is 3.32. The van der Waals surface area contributed by atoms with Crippen molar-refractivity contribution >= 4 is 15.9 Å². The van der Waals surface area contributed by atoms with Gasteiger partial charge in [-0.25, -0.2) is 4.39 Å². The van der Waals surface area contributed by atoms with E-state index in [1.165, 1.54) is 38.2 Å². The Bertz CT molecular complexity index is 387. The molecule has 0 aliphatic heterocycles. The van der Waals surface area contributed by atoms with E-state index in [9.17, 15) is 4.39 Å². The van der Waals surface area contributed by atoms with Crippen LogP contribution in [0.15, 0.2) is 22.7 Å². The molecule has 1 saturated carbocycles. The minimum Gasteiger partial charge on any atom is -0.314 e. The zero-order valence-electron chi connectivity index (χ0n) is 11.6. The zero-order chi connectivity index (χ0) is 13.7. The maximum absolute atomic E-state index is 13.4. The minimum atomic E-state index is -0.138. The van der Waals surface area contributed by atoms with Crippen LogP contribution in [-0.2, 0) is 6.42 Å². The van der Waals surface area contributed by atoms with Gasteiger partial charge in [-0.1, -0.05) is 35.7 Å². The van der Waals surface area contributed by atoms with Crippen LogP contribution in [0.2, 0.25) is 0 Å². The molecule has 0 amide bonds. The summed E-state index contributed by atoms with van der Waals surface area (Å²) in [5.74, 6) is 0.553. The first-order chi connectivity index (χ1) is 9.17. The second-order valence-electron chi connectivity index (χ2n) is 5.67. The van der Waals surface area contributed by atoms with Gasteiger partial charge >= 0.3 is 0 Å². The number of rotatable bonds is 5. The van der Waals surface area contributed by atoms with Gasteiger partial charge in [0.05, 0.1) is 0 Å². The van der Waals surface area contributed by atoms with Gasteiger partial charge in [-0.05, 0) is 61.9 Å². The summed E-state index contributed by atoms with van der Waals surface area (Å²) in [5, 5.41) is 3.63. The first-order valence-electron chi connectivity index (χ1n) is 7.35. The fraction of sp³-hybridized carbons (Fsp3) is 0.625. The lowest BCUT2D eigenvalue weighted by molar-refractivity contribution is 0.284. The van der Waals surface area contributed by atoms with Gasteiger partial charge in [0.25, 0.3) is 0 Å². The van der Waals surface area contributed by atoms with Crippen molar-refractivity contribution in [3.05, 3.63) is 34.1 Å². The predicted octanol–water partition coefficient (Wildman–Crippen LogP) is 4.69. The molecule has 2 atom stereocenters. The van der Waals surface area contributed by atoms with E-state index in [-0.39, 0.29) is 5.82 Å². The molecule has 106 valence electrons. The summed E-state index contributed by atoms with van der Waals surface area (Å²) in [7, 11) is 0. The van der Waals surface area contributed by atoms with E-state index in [2.05, 4.69) is 28.2 Å². The molecule has 0 spiro atoms. The Labute approximate surface area is 124 Å². The lowest BCUT2D eigenvalue weighted by Gasteiger charge is -2.30. The molecule has 1 aromatic carbocycles. The molecule has 1 nitrogen and oxygen atoms in total. The van der Waals surface area contributed by atoms with E-state index in [0.29, 0.717) is 12.0 Å². The molecule has 3 heteroatoms. The second kappa shape index (κ2) is 7.39. The number of benzene rings is 1. The van der Waals surface area contributed by atoms with Crippen LogP contribution in [0.1, 0.15) is 44.6 Å². The highest BCUT2D eigenvalue weighted by Crippen LogP contribution is 2.28. The molecule has 2 unspecified atom stereocenters. The fourth-order valence-corrected chi connectivity index (χ4v) is 3.59. The van der Waals surface area contributed by atoms with E-state index in [0.717, 1.165) is 23.0 Å². The highest BCUT2D eigenvalue weighted by atomic mass is 79.9. The van der Waals surface area contributed by atoms with Gasteiger partial charge in [0.2, 0.25) is 0 Å². The monoisotopic (exact) mass is 327 g/mol. The number of hydrogen-bond acceptors (Lipinski definition) is 1. The van der Waals surface area contributed by atoms with Gasteiger partial charge in [-0.15, -0.1) is 0 Å². The topological polar surface area (TPSA) is 12.0 Å². The van der Waals surface area contributed by atoms with Crippen molar-refractivity contribution in [2.75, 3.05) is 6.54 Å². The average Bonchev–Trinajstić information content (AvgIpc) is 2.35. The molecule has 19 heavy (non-hydrogen) atoms. The largest absolute Gasteiger partial charge is 0.314 e. The summed E-state index contributed by atoms with van der Waals surface area (Å²) < 4.78 is 14.2. The maximum atomic E-state index is 13.4. The van der Waals surface area contributed by atoms with Crippen molar-refractivity contribution in [1.82, 2.24) is 5.32 Å². The van der Waals surface area contributed by atoms with Gasteiger partial charge in [0, 0.05) is 10.5 Å². The van der Waals surface area contributed by atoms with Crippen molar-refractivity contribution in [2.24, 2.45) is 5.92 Å². The standard InChI is InChI=1S/C16H23BrFN/c1-2-6-19-16-5-3-4-12(10-16)7-13-8-14(17)11-15(18)9-13/h8-9,11-12,16,19H,2-7,10H2,1H3. The lowest BCUT2D eigenvalue weighted by atomic mass is 9.82. The number of hydrogen-bond donors (Lipinski definition) is 1. The molecule has 0 radical (unpaired) electrons. The summed E-state index contributed by atoms with van der Waals surface area (Å²) >= 11 is 3.37. The first kappa shape index (κ1) is 15.0. The quantitative estimate of drug-likeness (QED) is 0.827. The Morgan fingerprint density at radius 3 is 2.89 bits per heavy atom. The highest BCUT2D eigenvalue weighted by molar-refractivity contribution is 9.10. The van der Waals surface area contributed by atoms with Crippen LogP contribution in [0.3, 0.4) is 0 Å². The Balaban J connectivity index is 1.91. The van der Waals surface area contributed by atoms with E-state index < -0.39 is 0 Å². The van der Waals surface area contributed by atoms with Crippen molar-refractivity contribution in [3.63, 3.8) is 0 Å². The van der Waals surface area contributed by atoms with Crippen molar-refractivity contribution in [1.29, 1.82) is 0 Å². The third-order valence-electron chi connectivity index (χ3n) is 3.91. The molecule has 1 fully saturated rings. The Morgan fingerprint density at radius 2 is 2.16 bits per heavy atom. The second-order valence-corrected chi connectivity index (χ2v) is 6.58. The summed E-state index contributed by atoms with van der Waals surface area (Å²) in [4.78, 5) is 0. The smallest absolute Gasteiger partial charge is 0.124 e. The molecule has 2 rings (SSSR count). The average molecular weight is 328 g/mol. The predicted molar refractivity (Wildman–Crippen MR) is 81.8 cm³/mol. The third-order valence-corrected chi connectivity index (χ3v) is 4.37. The molecule has 1 aromatic rings. The summed E-state index contributed by atoms with van der Waals surface area (Å²) in [5.41, 5.74) is 1.12. The normalized spacial score (nSPS) is 23.5. The molecular formula is C16H23BrFN. The molecule has 1 aliphatic rings. The molecular weight excluding hydrogens is 305 g/mol. The van der Waals surface area contributed by atoms with Gasteiger partial charge in [0.15, 0.2) is 0 Å². The first-order valence-corrected chi connectivity index (χ1v) is 8.15. The van der Waals surface area contributed by atoms with E-state index in [1.807, 2.05) is 6.07 Å². The van der Waals surface area contributed by atoms with Gasteiger partial charge in [-0.2, -0.15) is 0 Å². The molecule has 0 bridgehead atoms. The van der Waals surface area contributed by atoms with Crippen LogP contribution in [0.4, 0.5) is 4.39 Å². The van der Waals surface area contributed by atoms with E-state index in [1.54, 1.807) is 6.07 Å². The number of nitrogens with one attached hydrogen (secondary N) is 1. The molecule has 1 N–H and O–H groups in total. The highest BCUT2D eigenvalue weighted by Gasteiger charge is 2.21. The van der Waals surface area contributed by atoms with Crippen LogP contribution in [-0.4, -0.2) is 12.6 Å². The van der Waals surface area contributed by atoms with Gasteiger partial charge < -0.3 is 5.32 Å². The SMILES string of the molecule is CCCNC1CCCC(Cc2cc(F)cc(Br)c2)C1. The van der Waals surface area contributed by atoms with Crippen LogP contribution in [0, 0.1) is 11.7 Å². The summed E-state index contributed by atoms with van der Waals surface area (Å²) in [6, 6.07) is 5.91. The Morgan fingerprint density at radius 1 is 1.32 bits per heavy atom. The minimum absolute atomic E-state index is 0.138. The fourth-order valence-electron chi connectivity index (χ4n) is 3.07. The van der Waals surface area contributed by atoms with Crippen LogP contribution in [0.25, 0.3) is 0 Å². The summed E-state index contributed by atoms with van der Waals surface area (Å²) in [6.07, 6.45) is 7.29. The van der Waals surface area contributed by atoms with Crippen LogP contribution in [0.5, 0.6) is 0 Å². The van der Waals surface area contributed by atoms with Crippen molar-refractivity contribution in [2.45, 2.75) is 51.5 Å². The molecule has 0 saturated heterocycles. The van der Waals surface area contributed by atoms with Crippen LogP contribution < -0.4 is 5.32 Å². The lowest BCUT2D eigenvalue weighted by Crippen LogP contribution is -2.35. The van der Waals surface area contributed by atoms with Crippen molar-refractivity contribution in [3.8, 4) is 0 Å². The molecule has 0 heterocycles.